The summed E-state index contributed by atoms with van der Waals surface area (Å²) in [4.78, 5) is 16.8. The highest BCUT2D eigenvalue weighted by Crippen LogP contribution is 2.24. The Morgan fingerprint density at radius 3 is 2.85 bits per heavy atom. The van der Waals surface area contributed by atoms with E-state index in [0.717, 1.165) is 22.3 Å². The van der Waals surface area contributed by atoms with Crippen molar-refractivity contribution in [1.82, 2.24) is 10.3 Å². The van der Waals surface area contributed by atoms with Gasteiger partial charge in [-0.25, -0.2) is 4.98 Å². The smallest absolute Gasteiger partial charge is 0.245 e. The predicted octanol–water partition coefficient (Wildman–Crippen LogP) is 3.58. The van der Waals surface area contributed by atoms with Gasteiger partial charge in [0.05, 0.1) is 5.69 Å². The number of phenols is 1. The van der Waals surface area contributed by atoms with Gasteiger partial charge in [0.2, 0.25) is 5.91 Å². The number of nitrogens with zero attached hydrogens (tertiary/aromatic N) is 1. The molecule has 134 valence electrons. The lowest BCUT2D eigenvalue weighted by Crippen LogP contribution is -2.35. The third kappa shape index (κ3) is 3.73. The number of amides is 1. The zero-order valence-electron chi connectivity index (χ0n) is 14.6. The average Bonchev–Trinajstić information content (AvgIpc) is 3.23. The van der Waals surface area contributed by atoms with E-state index in [4.69, 9.17) is 0 Å². The molecule has 1 aliphatic heterocycles. The van der Waals surface area contributed by atoms with Crippen LogP contribution in [0, 0.1) is 0 Å². The van der Waals surface area contributed by atoms with E-state index < -0.39 is 0 Å². The molecule has 2 heterocycles. The van der Waals surface area contributed by atoms with Gasteiger partial charge in [0.15, 0.2) is 0 Å². The second kappa shape index (κ2) is 7.43. The van der Waals surface area contributed by atoms with Crippen molar-refractivity contribution in [3.8, 4) is 5.75 Å². The summed E-state index contributed by atoms with van der Waals surface area (Å²) in [6.07, 6.45) is 7.57. The van der Waals surface area contributed by atoms with E-state index in [9.17, 15) is 9.90 Å². The molecule has 1 unspecified atom stereocenters. The molecule has 0 saturated carbocycles. The standard InChI is InChI=1S/C22H19N3O2/c26-20-9-3-6-16-11-13-17(24-21(16)20)12-10-15-5-1-2-7-18(15)25-22(27)19-8-4-14-23-19/h1-13,19,23,26H,14H2,(H,25,27). The zero-order chi connectivity index (χ0) is 18.6. The third-order valence-corrected chi connectivity index (χ3v) is 4.44. The molecule has 1 aliphatic rings. The lowest BCUT2D eigenvalue weighted by atomic mass is 10.1. The fourth-order valence-electron chi connectivity index (χ4n) is 3.03. The van der Waals surface area contributed by atoms with E-state index in [1.807, 2.05) is 66.8 Å². The Hall–Kier alpha value is -3.44. The molecule has 5 heteroatoms. The first-order valence-corrected chi connectivity index (χ1v) is 8.77. The van der Waals surface area contributed by atoms with Gasteiger partial charge in [0.1, 0.15) is 17.3 Å². The van der Waals surface area contributed by atoms with Gasteiger partial charge < -0.3 is 10.4 Å². The van der Waals surface area contributed by atoms with Crippen LogP contribution in [-0.4, -0.2) is 28.6 Å². The lowest BCUT2D eigenvalue weighted by Gasteiger charge is -2.12. The van der Waals surface area contributed by atoms with E-state index >= 15 is 0 Å². The summed E-state index contributed by atoms with van der Waals surface area (Å²) in [5, 5.41) is 16.9. The van der Waals surface area contributed by atoms with Crippen molar-refractivity contribution in [1.29, 1.82) is 0 Å². The molecule has 0 bridgehead atoms. The first kappa shape index (κ1) is 17.0. The monoisotopic (exact) mass is 357 g/mol. The molecular weight excluding hydrogens is 338 g/mol. The highest BCUT2D eigenvalue weighted by molar-refractivity contribution is 5.98. The van der Waals surface area contributed by atoms with Crippen molar-refractivity contribution in [2.45, 2.75) is 6.04 Å². The summed E-state index contributed by atoms with van der Waals surface area (Å²) >= 11 is 0. The molecule has 27 heavy (non-hydrogen) atoms. The Balaban J connectivity index is 1.58. The molecule has 0 saturated heterocycles. The highest BCUT2D eigenvalue weighted by Gasteiger charge is 2.17. The minimum atomic E-state index is -0.299. The van der Waals surface area contributed by atoms with E-state index in [-0.39, 0.29) is 17.7 Å². The number of benzene rings is 2. The van der Waals surface area contributed by atoms with Crippen molar-refractivity contribution in [3.63, 3.8) is 0 Å². The van der Waals surface area contributed by atoms with E-state index in [2.05, 4.69) is 15.6 Å². The number of carbonyl (C=O) groups excluding carboxylic acids is 1. The second-order valence-corrected chi connectivity index (χ2v) is 6.31. The molecule has 4 rings (SSSR count). The Bertz CT molecular complexity index is 1060. The number of anilines is 1. The van der Waals surface area contributed by atoms with Crippen LogP contribution in [0.4, 0.5) is 5.69 Å². The van der Waals surface area contributed by atoms with Crippen LogP contribution in [0.3, 0.4) is 0 Å². The number of para-hydroxylation sites is 2. The molecule has 0 aliphatic carbocycles. The summed E-state index contributed by atoms with van der Waals surface area (Å²) < 4.78 is 0. The maximum absolute atomic E-state index is 12.3. The van der Waals surface area contributed by atoms with Crippen molar-refractivity contribution < 1.29 is 9.90 Å². The van der Waals surface area contributed by atoms with Gasteiger partial charge in [-0.15, -0.1) is 0 Å². The van der Waals surface area contributed by atoms with Crippen molar-refractivity contribution >= 4 is 34.6 Å². The van der Waals surface area contributed by atoms with Crippen LogP contribution in [0.25, 0.3) is 23.1 Å². The molecule has 3 aromatic rings. The van der Waals surface area contributed by atoms with Gasteiger partial charge in [0.25, 0.3) is 0 Å². The Kier molecular flexibility index (Phi) is 4.68. The quantitative estimate of drug-likeness (QED) is 0.624. The summed E-state index contributed by atoms with van der Waals surface area (Å²) in [6, 6.07) is 16.5. The van der Waals surface area contributed by atoms with Crippen LogP contribution in [0.2, 0.25) is 0 Å². The number of aromatic nitrogens is 1. The number of rotatable bonds is 4. The second-order valence-electron chi connectivity index (χ2n) is 6.31. The first-order chi connectivity index (χ1) is 13.2. The molecule has 0 radical (unpaired) electrons. The normalized spacial score (nSPS) is 16.2. The van der Waals surface area contributed by atoms with Gasteiger partial charge in [-0.2, -0.15) is 0 Å². The summed E-state index contributed by atoms with van der Waals surface area (Å²) in [5.41, 5.74) is 2.92. The van der Waals surface area contributed by atoms with Crippen molar-refractivity contribution in [2.24, 2.45) is 0 Å². The van der Waals surface area contributed by atoms with Gasteiger partial charge in [-0.05, 0) is 29.8 Å². The summed E-state index contributed by atoms with van der Waals surface area (Å²) in [5.74, 6) is 0.0749. The van der Waals surface area contributed by atoms with Crippen LogP contribution in [0.1, 0.15) is 11.3 Å². The third-order valence-electron chi connectivity index (χ3n) is 4.44. The van der Waals surface area contributed by atoms with Crippen molar-refractivity contribution in [3.05, 3.63) is 78.0 Å². The first-order valence-electron chi connectivity index (χ1n) is 8.77. The largest absolute Gasteiger partial charge is 0.506 e. The number of carbonyl (C=O) groups is 1. The molecule has 5 nitrogen and oxygen atoms in total. The molecule has 1 aromatic heterocycles. The summed E-state index contributed by atoms with van der Waals surface area (Å²) in [6.45, 7) is 0.708. The van der Waals surface area contributed by atoms with Gasteiger partial charge >= 0.3 is 0 Å². The molecule has 0 spiro atoms. The number of hydrogen-bond acceptors (Lipinski definition) is 4. The van der Waals surface area contributed by atoms with Gasteiger partial charge in [0, 0.05) is 17.6 Å². The Morgan fingerprint density at radius 2 is 2.00 bits per heavy atom. The highest BCUT2D eigenvalue weighted by atomic mass is 16.3. The summed E-state index contributed by atoms with van der Waals surface area (Å²) in [7, 11) is 0. The molecule has 2 aromatic carbocycles. The number of hydrogen-bond donors (Lipinski definition) is 3. The number of nitrogens with one attached hydrogen (secondary N) is 2. The maximum atomic E-state index is 12.3. The predicted molar refractivity (Wildman–Crippen MR) is 108 cm³/mol. The Morgan fingerprint density at radius 1 is 1.11 bits per heavy atom. The molecule has 1 atom stereocenters. The van der Waals surface area contributed by atoms with E-state index in [0.29, 0.717) is 12.1 Å². The fourth-order valence-corrected chi connectivity index (χ4v) is 3.03. The lowest BCUT2D eigenvalue weighted by molar-refractivity contribution is -0.116. The number of aromatic hydroxyl groups is 1. The zero-order valence-corrected chi connectivity index (χ0v) is 14.6. The van der Waals surface area contributed by atoms with Crippen molar-refractivity contribution in [2.75, 3.05) is 11.9 Å². The Labute approximate surface area is 157 Å². The number of fused-ring (bicyclic) bond motifs is 1. The molecule has 0 fully saturated rings. The van der Waals surface area contributed by atoms with Gasteiger partial charge in [-0.3, -0.25) is 10.1 Å². The topological polar surface area (TPSA) is 74.2 Å². The van der Waals surface area contributed by atoms with Crippen LogP contribution in [0.15, 0.2) is 66.7 Å². The van der Waals surface area contributed by atoms with E-state index in [1.165, 1.54) is 0 Å². The van der Waals surface area contributed by atoms with E-state index in [1.54, 1.807) is 12.1 Å². The molecule has 1 amide bonds. The van der Waals surface area contributed by atoms with Gasteiger partial charge in [-0.1, -0.05) is 54.6 Å². The SMILES string of the molecule is O=C(Nc1ccccc1C=Cc1ccc2cccc(O)c2n1)C1C=CCN1. The van der Waals surface area contributed by atoms with Crippen LogP contribution in [0.5, 0.6) is 5.75 Å². The fraction of sp³-hybridized carbons (Fsp3) is 0.0909. The number of pyridine rings is 1. The van der Waals surface area contributed by atoms with Crippen LogP contribution >= 0.6 is 0 Å². The van der Waals surface area contributed by atoms with Crippen LogP contribution in [-0.2, 0) is 4.79 Å². The minimum Gasteiger partial charge on any atom is -0.506 e. The average molecular weight is 357 g/mol. The molecular formula is C22H19N3O2. The molecule has 3 N–H and O–H groups in total. The maximum Gasteiger partial charge on any atom is 0.245 e. The van der Waals surface area contributed by atoms with Crippen LogP contribution < -0.4 is 10.6 Å². The minimum absolute atomic E-state index is 0.0849. The number of phenolic OH excluding ortho intramolecular Hbond substituents is 1.